The number of hydrogen-bond donors (Lipinski definition) is 2. The second-order valence-corrected chi connectivity index (χ2v) is 6.62. The minimum absolute atomic E-state index is 0.115. The Morgan fingerprint density at radius 2 is 2.00 bits per heavy atom. The summed E-state index contributed by atoms with van der Waals surface area (Å²) in [6, 6.07) is 5.15. The number of furan rings is 1. The van der Waals surface area contributed by atoms with E-state index in [0.29, 0.717) is 0 Å². The van der Waals surface area contributed by atoms with Crippen molar-refractivity contribution in [2.45, 2.75) is 9.99 Å². The Morgan fingerprint density at radius 3 is 2.64 bits per heavy atom. The van der Waals surface area contributed by atoms with Gasteiger partial charge < -0.3 is 9.52 Å². The van der Waals surface area contributed by atoms with Crippen molar-refractivity contribution in [2.75, 3.05) is 0 Å². The number of allylic oxidation sites excluding steroid dienone is 1. The van der Waals surface area contributed by atoms with Crippen molar-refractivity contribution in [1.29, 1.82) is 0 Å². The number of ketones is 1. The number of nitrogens with one attached hydrogen (secondary N) is 1. The van der Waals surface area contributed by atoms with Crippen LogP contribution in [0, 0.1) is 5.82 Å². The summed E-state index contributed by atoms with van der Waals surface area (Å²) in [6.07, 6.45) is 1.72. The number of benzene rings is 1. The Bertz CT molecular complexity index is 1040. The lowest BCUT2D eigenvalue weighted by Gasteiger charge is -2.00. The second-order valence-electron chi connectivity index (χ2n) is 4.74. The largest absolute Gasteiger partial charge is 0.504 e. The van der Waals surface area contributed by atoms with Crippen molar-refractivity contribution < 1.29 is 27.1 Å². The first kappa shape index (κ1) is 16.5. The van der Waals surface area contributed by atoms with Crippen molar-refractivity contribution in [3.8, 4) is 0 Å². The van der Waals surface area contributed by atoms with Gasteiger partial charge in [-0.3, -0.25) is 4.79 Å². The minimum atomic E-state index is -4.05. The van der Waals surface area contributed by atoms with E-state index in [1.165, 1.54) is 0 Å². The topological polar surface area (TPSA) is 139 Å². The summed E-state index contributed by atoms with van der Waals surface area (Å²) in [5.41, 5.74) is -0.115. The van der Waals surface area contributed by atoms with E-state index in [-0.39, 0.29) is 16.3 Å². The summed E-state index contributed by atoms with van der Waals surface area (Å²) in [5, 5.41) is 21.5. The van der Waals surface area contributed by atoms with Crippen molar-refractivity contribution in [3.63, 3.8) is 0 Å². The molecule has 0 bridgehead atoms. The number of aromatic amines is 1. The number of hydrogen-bond acceptors (Lipinski definition) is 8. The fraction of sp³-hybridized carbons (Fsp3) is 0. The number of rotatable bonds is 5. The van der Waals surface area contributed by atoms with Crippen LogP contribution >= 0.6 is 0 Å². The predicted octanol–water partition coefficient (Wildman–Crippen LogP) is 1.55. The van der Waals surface area contributed by atoms with E-state index >= 15 is 0 Å². The zero-order valence-electron chi connectivity index (χ0n) is 12.2. The molecule has 0 saturated heterocycles. The molecule has 0 aliphatic rings. The van der Waals surface area contributed by atoms with Gasteiger partial charge in [-0.25, -0.2) is 12.8 Å². The monoisotopic (exact) mass is 364 g/mol. The first-order valence-electron chi connectivity index (χ1n) is 6.66. The molecule has 1 aromatic carbocycles. The fourth-order valence-corrected chi connectivity index (χ4v) is 3.04. The van der Waals surface area contributed by atoms with E-state index in [2.05, 4.69) is 20.6 Å². The fourth-order valence-electron chi connectivity index (χ4n) is 1.86. The number of tetrazole rings is 1. The molecule has 0 amide bonds. The SMILES string of the molecule is O=C(C=C(O)c1nn[nH]n1)c1coc(S(=O)(=O)c2ccc(F)cc2)c1. The molecule has 0 aliphatic heterocycles. The number of aromatic nitrogens is 4. The first-order chi connectivity index (χ1) is 11.9. The van der Waals surface area contributed by atoms with Crippen LogP contribution in [0.15, 0.2) is 57.1 Å². The molecule has 0 fully saturated rings. The summed E-state index contributed by atoms with van der Waals surface area (Å²) in [7, 11) is -4.05. The summed E-state index contributed by atoms with van der Waals surface area (Å²) >= 11 is 0. The molecule has 0 saturated carbocycles. The Hall–Kier alpha value is -3.34. The number of halogens is 1. The zero-order chi connectivity index (χ0) is 18.0. The maximum absolute atomic E-state index is 12.9. The Labute approximate surface area is 139 Å². The highest BCUT2D eigenvalue weighted by Gasteiger charge is 2.23. The van der Waals surface area contributed by atoms with Crippen LogP contribution in [-0.2, 0) is 9.84 Å². The van der Waals surface area contributed by atoms with Gasteiger partial charge in [-0.15, -0.1) is 10.2 Å². The molecular formula is C14H9FN4O5S. The third kappa shape index (κ3) is 3.30. The highest BCUT2D eigenvalue weighted by Crippen LogP contribution is 2.23. The summed E-state index contributed by atoms with van der Waals surface area (Å²) < 4.78 is 42.6. The van der Waals surface area contributed by atoms with E-state index < -0.39 is 32.3 Å². The third-order valence-electron chi connectivity index (χ3n) is 3.09. The standard InChI is InChI=1S/C14H9FN4O5S/c15-9-1-3-10(4-2-9)25(22,23)13-5-8(7-24-13)11(20)6-12(21)14-16-18-19-17-14/h1-7,21H,(H,16,17,18,19). The molecule has 11 heteroatoms. The van der Waals surface area contributed by atoms with Gasteiger partial charge in [0.25, 0.3) is 0 Å². The van der Waals surface area contributed by atoms with Gasteiger partial charge in [0.15, 0.2) is 11.5 Å². The Morgan fingerprint density at radius 1 is 1.28 bits per heavy atom. The van der Waals surface area contributed by atoms with Gasteiger partial charge >= 0.3 is 0 Å². The summed E-state index contributed by atoms with van der Waals surface area (Å²) in [4.78, 5) is 11.9. The van der Waals surface area contributed by atoms with Gasteiger partial charge in [0, 0.05) is 12.1 Å². The second kappa shape index (κ2) is 6.28. The first-order valence-corrected chi connectivity index (χ1v) is 8.14. The van der Waals surface area contributed by atoms with Crippen LogP contribution in [0.1, 0.15) is 16.2 Å². The molecule has 25 heavy (non-hydrogen) atoms. The lowest BCUT2D eigenvalue weighted by molar-refractivity contribution is 0.104. The van der Waals surface area contributed by atoms with E-state index in [1.807, 2.05) is 0 Å². The van der Waals surface area contributed by atoms with Crippen molar-refractivity contribution in [3.05, 3.63) is 59.9 Å². The quantitative estimate of drug-likeness (QED) is 0.301. The van der Waals surface area contributed by atoms with Gasteiger partial charge in [-0.05, 0) is 29.5 Å². The van der Waals surface area contributed by atoms with E-state index in [9.17, 15) is 22.7 Å². The molecule has 3 aromatic rings. The molecule has 2 N–H and O–H groups in total. The lowest BCUT2D eigenvalue weighted by atomic mass is 10.2. The number of aliphatic hydroxyl groups is 1. The van der Waals surface area contributed by atoms with Crippen LogP contribution in [-0.4, -0.2) is 39.9 Å². The van der Waals surface area contributed by atoms with Gasteiger partial charge in [0.2, 0.25) is 20.8 Å². The maximum atomic E-state index is 12.9. The van der Waals surface area contributed by atoms with Crippen molar-refractivity contribution >= 4 is 21.4 Å². The maximum Gasteiger partial charge on any atom is 0.239 e. The third-order valence-corrected chi connectivity index (χ3v) is 4.73. The number of nitrogens with zero attached hydrogens (tertiary/aromatic N) is 3. The molecule has 9 nitrogen and oxygen atoms in total. The number of H-pyrrole nitrogens is 1. The Kier molecular flexibility index (Phi) is 4.15. The average Bonchev–Trinajstić information content (AvgIpc) is 3.27. The van der Waals surface area contributed by atoms with E-state index in [4.69, 9.17) is 4.42 Å². The molecule has 0 spiro atoms. The summed E-state index contributed by atoms with van der Waals surface area (Å²) in [5.74, 6) is -2.07. The molecule has 2 aromatic heterocycles. The van der Waals surface area contributed by atoms with Crippen LogP contribution in [0.4, 0.5) is 4.39 Å². The molecule has 0 aliphatic carbocycles. The zero-order valence-corrected chi connectivity index (χ0v) is 13.1. The van der Waals surface area contributed by atoms with Gasteiger partial charge in [-0.2, -0.15) is 5.21 Å². The van der Waals surface area contributed by atoms with E-state index in [1.54, 1.807) is 0 Å². The molecule has 0 atom stereocenters. The van der Waals surface area contributed by atoms with Crippen molar-refractivity contribution in [1.82, 2.24) is 20.6 Å². The predicted molar refractivity (Wildman–Crippen MR) is 79.7 cm³/mol. The molecule has 0 unspecified atom stereocenters. The van der Waals surface area contributed by atoms with Gasteiger partial charge in [-0.1, -0.05) is 0 Å². The van der Waals surface area contributed by atoms with E-state index in [0.717, 1.165) is 42.7 Å². The number of carbonyl (C=O) groups is 1. The summed E-state index contributed by atoms with van der Waals surface area (Å²) in [6.45, 7) is 0. The van der Waals surface area contributed by atoms with Gasteiger partial charge in [0.1, 0.15) is 12.1 Å². The number of sulfone groups is 1. The highest BCUT2D eigenvalue weighted by molar-refractivity contribution is 7.91. The smallest absolute Gasteiger partial charge is 0.239 e. The van der Waals surface area contributed by atoms with Crippen molar-refractivity contribution in [2.24, 2.45) is 0 Å². The van der Waals surface area contributed by atoms with Crippen LogP contribution in [0.3, 0.4) is 0 Å². The highest BCUT2D eigenvalue weighted by atomic mass is 32.2. The molecule has 128 valence electrons. The van der Waals surface area contributed by atoms with Crippen LogP contribution in [0.2, 0.25) is 0 Å². The molecule has 0 radical (unpaired) electrons. The van der Waals surface area contributed by atoms with Crippen LogP contribution < -0.4 is 0 Å². The number of carbonyl (C=O) groups excluding carboxylic acids is 1. The molecular weight excluding hydrogens is 355 g/mol. The van der Waals surface area contributed by atoms with Crippen LogP contribution in [0.5, 0.6) is 0 Å². The average molecular weight is 364 g/mol. The molecule has 3 rings (SSSR count). The Balaban J connectivity index is 1.88. The number of aliphatic hydroxyl groups excluding tert-OH is 1. The molecule has 2 heterocycles. The minimum Gasteiger partial charge on any atom is -0.504 e. The van der Waals surface area contributed by atoms with Gasteiger partial charge in [0.05, 0.1) is 10.5 Å². The van der Waals surface area contributed by atoms with Crippen LogP contribution in [0.25, 0.3) is 5.76 Å². The normalized spacial score (nSPS) is 12.3. The lowest BCUT2D eigenvalue weighted by Crippen LogP contribution is -2.01.